The Labute approximate surface area is 147 Å². The monoisotopic (exact) mass is 340 g/mol. The zero-order chi connectivity index (χ0) is 17.0. The second-order valence-corrected chi connectivity index (χ2v) is 9.36. The Hall–Kier alpha value is -1.85. The molecule has 1 aromatic heterocycles. The van der Waals surface area contributed by atoms with Crippen molar-refractivity contribution in [1.29, 1.82) is 0 Å². The number of fused-ring (bicyclic) bond motifs is 1. The zero-order valence-electron chi connectivity index (χ0n) is 14.9. The van der Waals surface area contributed by atoms with Gasteiger partial charge in [-0.2, -0.15) is 0 Å². The van der Waals surface area contributed by atoms with Gasteiger partial charge in [-0.25, -0.2) is 4.98 Å². The smallest absolute Gasteiger partial charge is 0.274 e. The van der Waals surface area contributed by atoms with E-state index in [-0.39, 0.29) is 22.5 Å². The molecule has 132 valence electrons. The number of carbonyl (C=O) groups excluding carboxylic acids is 1. The summed E-state index contributed by atoms with van der Waals surface area (Å²) in [6, 6.07) is 0. The molecular weight excluding hydrogens is 316 g/mol. The normalized spacial score (nSPS) is 38.3. The van der Waals surface area contributed by atoms with Gasteiger partial charge < -0.3 is 14.3 Å². The highest BCUT2D eigenvalue weighted by atomic mass is 16.7. The van der Waals surface area contributed by atoms with Gasteiger partial charge in [0.25, 0.3) is 5.91 Å². The average molecular weight is 340 g/mol. The molecule has 3 heterocycles. The summed E-state index contributed by atoms with van der Waals surface area (Å²) >= 11 is 0. The van der Waals surface area contributed by atoms with Crippen molar-refractivity contribution >= 4 is 11.6 Å². The molecule has 0 aromatic carbocycles. The van der Waals surface area contributed by atoms with Crippen LogP contribution in [-0.2, 0) is 10.4 Å². The van der Waals surface area contributed by atoms with Gasteiger partial charge in [0.05, 0.1) is 12.0 Å². The van der Waals surface area contributed by atoms with Crippen LogP contribution in [0.2, 0.25) is 0 Å². The summed E-state index contributed by atoms with van der Waals surface area (Å²) in [5.41, 5.74) is 2.25. The van der Waals surface area contributed by atoms with E-state index in [2.05, 4.69) is 28.6 Å². The van der Waals surface area contributed by atoms with Gasteiger partial charge in [0.2, 0.25) is 0 Å². The van der Waals surface area contributed by atoms with Crippen LogP contribution >= 0.6 is 0 Å². The van der Waals surface area contributed by atoms with Gasteiger partial charge in [-0.1, -0.05) is 12.1 Å². The maximum atomic E-state index is 12.8. The minimum absolute atomic E-state index is 0.0660. The SMILES string of the molecule is CC1(C2=NOC3(CC3)C2)C2CN(C(=O)c3cn(C4(C)CC4)cn3)CC21. The molecule has 2 atom stereocenters. The summed E-state index contributed by atoms with van der Waals surface area (Å²) in [5.74, 6) is 1.16. The third-order valence-corrected chi connectivity index (χ3v) is 7.71. The summed E-state index contributed by atoms with van der Waals surface area (Å²) in [7, 11) is 0. The number of imidazole rings is 1. The van der Waals surface area contributed by atoms with Crippen LogP contribution in [-0.4, -0.2) is 44.8 Å². The molecule has 3 saturated carbocycles. The molecule has 5 aliphatic rings. The predicted octanol–water partition coefficient (Wildman–Crippen LogP) is 2.41. The number of carbonyl (C=O) groups is 1. The van der Waals surface area contributed by atoms with E-state index in [1.54, 1.807) is 0 Å². The number of amides is 1. The van der Waals surface area contributed by atoms with E-state index in [4.69, 9.17) is 4.84 Å². The second kappa shape index (κ2) is 4.10. The molecule has 6 nitrogen and oxygen atoms in total. The number of piperidine rings is 1. The fourth-order valence-corrected chi connectivity index (χ4v) is 5.02. The lowest BCUT2D eigenvalue weighted by Gasteiger charge is -2.23. The van der Waals surface area contributed by atoms with E-state index in [0.717, 1.165) is 32.4 Å². The molecule has 6 heteroatoms. The van der Waals surface area contributed by atoms with Crippen LogP contribution in [0.25, 0.3) is 0 Å². The highest BCUT2D eigenvalue weighted by molar-refractivity contribution is 5.97. The van der Waals surface area contributed by atoms with Crippen molar-refractivity contribution < 1.29 is 9.63 Å². The first-order valence-corrected chi connectivity index (χ1v) is 9.53. The maximum absolute atomic E-state index is 12.8. The van der Waals surface area contributed by atoms with Crippen LogP contribution < -0.4 is 0 Å². The molecule has 3 aliphatic carbocycles. The van der Waals surface area contributed by atoms with Gasteiger partial charge in [0, 0.05) is 36.7 Å². The van der Waals surface area contributed by atoms with Gasteiger partial charge in [0.1, 0.15) is 11.3 Å². The number of likely N-dealkylation sites (tertiary alicyclic amines) is 1. The Morgan fingerprint density at radius 3 is 2.52 bits per heavy atom. The van der Waals surface area contributed by atoms with Gasteiger partial charge in [0.15, 0.2) is 0 Å². The molecule has 6 rings (SSSR count). The lowest BCUT2D eigenvalue weighted by Crippen LogP contribution is -2.35. The number of rotatable bonds is 3. The summed E-state index contributed by atoms with van der Waals surface area (Å²) < 4.78 is 2.11. The number of hydrogen-bond donors (Lipinski definition) is 0. The van der Waals surface area contributed by atoms with Crippen molar-refractivity contribution in [3.63, 3.8) is 0 Å². The van der Waals surface area contributed by atoms with Gasteiger partial charge in [-0.15, -0.1) is 0 Å². The van der Waals surface area contributed by atoms with Crippen molar-refractivity contribution in [2.45, 2.75) is 57.1 Å². The summed E-state index contributed by atoms with van der Waals surface area (Å²) in [6.07, 6.45) is 9.41. The van der Waals surface area contributed by atoms with E-state index >= 15 is 0 Å². The highest BCUT2D eigenvalue weighted by Crippen LogP contribution is 2.66. The second-order valence-electron chi connectivity index (χ2n) is 9.36. The third-order valence-electron chi connectivity index (χ3n) is 7.71. The van der Waals surface area contributed by atoms with E-state index in [1.807, 2.05) is 17.4 Å². The van der Waals surface area contributed by atoms with Gasteiger partial charge in [-0.05, 0) is 44.4 Å². The molecule has 0 bridgehead atoms. The van der Waals surface area contributed by atoms with Crippen LogP contribution in [0.15, 0.2) is 17.7 Å². The van der Waals surface area contributed by atoms with Crippen molar-refractivity contribution in [2.75, 3.05) is 13.1 Å². The Balaban J connectivity index is 1.15. The molecule has 2 unspecified atom stereocenters. The van der Waals surface area contributed by atoms with Crippen LogP contribution in [0, 0.1) is 17.3 Å². The molecule has 4 fully saturated rings. The first-order chi connectivity index (χ1) is 11.9. The van der Waals surface area contributed by atoms with E-state index in [0.29, 0.717) is 17.5 Å². The van der Waals surface area contributed by atoms with Gasteiger partial charge >= 0.3 is 0 Å². The molecule has 25 heavy (non-hydrogen) atoms. The molecular formula is C19H24N4O2. The van der Waals surface area contributed by atoms with Crippen molar-refractivity contribution in [1.82, 2.24) is 14.5 Å². The minimum atomic E-state index is 0.0660. The molecule has 1 aromatic rings. The van der Waals surface area contributed by atoms with Gasteiger partial charge in [-0.3, -0.25) is 4.79 Å². The zero-order valence-corrected chi connectivity index (χ0v) is 14.9. The third kappa shape index (κ3) is 1.83. The standard InChI is InChI=1S/C19H24N4O2/c1-17(3-4-17)23-10-14(20-11-23)16(24)22-8-12-13(9-22)18(12,2)15-7-19(5-6-19)25-21-15/h10-13H,3-9H2,1-2H3. The number of oxime groups is 1. The summed E-state index contributed by atoms with van der Waals surface area (Å²) in [4.78, 5) is 24.9. The largest absolute Gasteiger partial charge is 0.389 e. The van der Waals surface area contributed by atoms with E-state index < -0.39 is 0 Å². The molecule has 0 N–H and O–H groups in total. The fraction of sp³-hybridized carbons (Fsp3) is 0.737. The van der Waals surface area contributed by atoms with Crippen molar-refractivity contribution in [3.8, 4) is 0 Å². The van der Waals surface area contributed by atoms with E-state index in [9.17, 15) is 4.79 Å². The number of hydrogen-bond acceptors (Lipinski definition) is 4. The minimum Gasteiger partial charge on any atom is -0.389 e. The van der Waals surface area contributed by atoms with Crippen LogP contribution in [0.1, 0.15) is 56.4 Å². The lowest BCUT2D eigenvalue weighted by molar-refractivity contribution is 0.0650. The van der Waals surface area contributed by atoms with E-state index in [1.165, 1.54) is 18.6 Å². The Morgan fingerprint density at radius 2 is 1.92 bits per heavy atom. The Bertz CT molecular complexity index is 805. The van der Waals surface area contributed by atoms with Crippen molar-refractivity contribution in [2.24, 2.45) is 22.4 Å². The fourth-order valence-electron chi connectivity index (χ4n) is 5.02. The maximum Gasteiger partial charge on any atom is 0.274 e. The molecule has 1 spiro atoms. The topological polar surface area (TPSA) is 59.7 Å². The molecule has 2 aliphatic heterocycles. The van der Waals surface area contributed by atoms with Crippen molar-refractivity contribution in [3.05, 3.63) is 18.2 Å². The Morgan fingerprint density at radius 1 is 1.20 bits per heavy atom. The first kappa shape index (κ1) is 14.3. The first-order valence-electron chi connectivity index (χ1n) is 9.53. The molecule has 0 radical (unpaired) electrons. The summed E-state index contributed by atoms with van der Waals surface area (Å²) in [6.45, 7) is 6.19. The quantitative estimate of drug-likeness (QED) is 0.849. The number of nitrogens with zero attached hydrogens (tertiary/aromatic N) is 4. The lowest BCUT2D eigenvalue weighted by atomic mass is 9.91. The average Bonchev–Trinajstić information content (AvgIpc) is 3.44. The predicted molar refractivity (Wildman–Crippen MR) is 91.2 cm³/mol. The summed E-state index contributed by atoms with van der Waals surface area (Å²) in [5, 5.41) is 4.43. The molecule has 1 saturated heterocycles. The van der Waals surface area contributed by atoms with Crippen LogP contribution in [0.5, 0.6) is 0 Å². The van der Waals surface area contributed by atoms with Crippen LogP contribution in [0.3, 0.4) is 0 Å². The Kier molecular flexibility index (Phi) is 2.35. The number of aromatic nitrogens is 2. The molecule has 1 amide bonds. The highest BCUT2D eigenvalue weighted by Gasteiger charge is 2.70. The van der Waals surface area contributed by atoms with Crippen LogP contribution in [0.4, 0.5) is 0 Å².